The molecule has 1 aromatic carbocycles. The van der Waals surface area contributed by atoms with E-state index < -0.39 is 0 Å². The number of hydrogen-bond donors (Lipinski definition) is 2. The Morgan fingerprint density at radius 3 is 2.82 bits per heavy atom. The van der Waals surface area contributed by atoms with Crippen LogP contribution in [0.15, 0.2) is 35.7 Å². The minimum Gasteiger partial charge on any atom is -0.399 e. The molecule has 0 aliphatic rings. The molecule has 1 aromatic heterocycles. The van der Waals surface area contributed by atoms with E-state index >= 15 is 0 Å². The number of nitrogens with one attached hydrogen (secondary N) is 1. The van der Waals surface area contributed by atoms with Gasteiger partial charge >= 0.3 is 0 Å². The summed E-state index contributed by atoms with van der Waals surface area (Å²) in [6, 6.07) is 10.8. The van der Waals surface area contributed by atoms with Gasteiger partial charge in [0.15, 0.2) is 0 Å². The second-order valence-electron chi connectivity index (χ2n) is 4.40. The molecule has 0 amide bonds. The highest BCUT2D eigenvalue weighted by molar-refractivity contribution is 7.09. The van der Waals surface area contributed by atoms with Crippen molar-refractivity contribution in [3.05, 3.63) is 46.2 Å². The van der Waals surface area contributed by atoms with Gasteiger partial charge in [0.25, 0.3) is 0 Å². The van der Waals surface area contributed by atoms with Crippen LogP contribution in [0.1, 0.15) is 17.4 Å². The summed E-state index contributed by atoms with van der Waals surface area (Å²) < 4.78 is 0. The molecule has 0 bridgehead atoms. The molecule has 3 N–H and O–H groups in total. The molecule has 17 heavy (non-hydrogen) atoms. The lowest BCUT2D eigenvalue weighted by molar-refractivity contribution is 0.800. The van der Waals surface area contributed by atoms with Crippen LogP contribution in [-0.2, 0) is 6.42 Å². The summed E-state index contributed by atoms with van der Waals surface area (Å²) in [7, 11) is 0. The second-order valence-corrected chi connectivity index (χ2v) is 5.43. The van der Waals surface area contributed by atoms with Gasteiger partial charge in [-0.3, -0.25) is 0 Å². The fourth-order valence-electron chi connectivity index (χ4n) is 1.83. The Kier molecular flexibility index (Phi) is 3.69. The van der Waals surface area contributed by atoms with E-state index in [9.17, 15) is 0 Å². The first-order valence-electron chi connectivity index (χ1n) is 5.80. The lowest BCUT2D eigenvalue weighted by atomic mass is 10.1. The van der Waals surface area contributed by atoms with E-state index in [0.29, 0.717) is 6.04 Å². The monoisotopic (exact) mass is 246 g/mol. The van der Waals surface area contributed by atoms with Gasteiger partial charge in [-0.05, 0) is 49.1 Å². The number of benzene rings is 1. The first kappa shape index (κ1) is 12.0. The smallest absolute Gasteiger partial charge is 0.0346 e. The molecule has 0 aliphatic heterocycles. The topological polar surface area (TPSA) is 38.0 Å². The normalized spacial score (nSPS) is 12.4. The molecule has 0 radical (unpaired) electrons. The molecule has 2 rings (SSSR count). The van der Waals surface area contributed by atoms with Crippen LogP contribution >= 0.6 is 11.3 Å². The molecule has 0 saturated heterocycles. The van der Waals surface area contributed by atoms with E-state index in [-0.39, 0.29) is 0 Å². The fourth-order valence-corrected chi connectivity index (χ4v) is 2.67. The fraction of sp³-hybridized carbons (Fsp3) is 0.286. The van der Waals surface area contributed by atoms with E-state index in [4.69, 9.17) is 5.73 Å². The standard InChI is InChI=1S/C14H18N2S/c1-10-8-12(5-6-14(10)15)16-11(2)9-13-4-3-7-17-13/h3-8,11,16H,9,15H2,1-2H3. The lowest BCUT2D eigenvalue weighted by Gasteiger charge is -2.15. The van der Waals surface area contributed by atoms with E-state index in [1.54, 1.807) is 0 Å². The Bertz CT molecular complexity index is 477. The number of thiophene rings is 1. The van der Waals surface area contributed by atoms with Crippen LogP contribution in [0.2, 0.25) is 0 Å². The average Bonchev–Trinajstić information content (AvgIpc) is 2.76. The summed E-state index contributed by atoms with van der Waals surface area (Å²) in [5.41, 5.74) is 8.91. The molecule has 3 heteroatoms. The Hall–Kier alpha value is -1.48. The van der Waals surface area contributed by atoms with Crippen molar-refractivity contribution in [1.82, 2.24) is 0 Å². The van der Waals surface area contributed by atoms with Crippen LogP contribution in [0.25, 0.3) is 0 Å². The minimum absolute atomic E-state index is 0.427. The van der Waals surface area contributed by atoms with Gasteiger partial charge in [0.05, 0.1) is 0 Å². The number of nitrogens with two attached hydrogens (primary N) is 1. The molecule has 1 heterocycles. The summed E-state index contributed by atoms with van der Waals surface area (Å²) in [5, 5.41) is 5.62. The molecule has 1 atom stereocenters. The van der Waals surface area contributed by atoms with Gasteiger partial charge in [0.1, 0.15) is 0 Å². The van der Waals surface area contributed by atoms with Gasteiger partial charge in [-0.15, -0.1) is 11.3 Å². The molecular weight excluding hydrogens is 228 g/mol. The maximum absolute atomic E-state index is 5.80. The number of aryl methyl sites for hydroxylation is 1. The molecule has 0 spiro atoms. The van der Waals surface area contributed by atoms with E-state index in [0.717, 1.165) is 23.4 Å². The molecule has 0 saturated carbocycles. The highest BCUT2D eigenvalue weighted by Crippen LogP contribution is 2.19. The summed E-state index contributed by atoms with van der Waals surface area (Å²) in [6.07, 6.45) is 1.06. The quantitative estimate of drug-likeness (QED) is 0.808. The second kappa shape index (κ2) is 5.23. The SMILES string of the molecule is Cc1cc(NC(C)Cc2cccs2)ccc1N. The van der Waals surface area contributed by atoms with Crippen LogP contribution < -0.4 is 11.1 Å². The summed E-state index contributed by atoms with van der Waals surface area (Å²) >= 11 is 1.81. The molecule has 1 unspecified atom stereocenters. The first-order valence-corrected chi connectivity index (χ1v) is 6.68. The van der Waals surface area contributed by atoms with E-state index in [1.807, 2.05) is 30.4 Å². The van der Waals surface area contributed by atoms with Crippen molar-refractivity contribution < 1.29 is 0 Å². The van der Waals surface area contributed by atoms with Crippen molar-refractivity contribution in [3.63, 3.8) is 0 Å². The summed E-state index contributed by atoms with van der Waals surface area (Å²) in [6.45, 7) is 4.23. The van der Waals surface area contributed by atoms with Crippen molar-refractivity contribution in [2.45, 2.75) is 26.3 Å². The van der Waals surface area contributed by atoms with Gasteiger partial charge in [-0.2, -0.15) is 0 Å². The van der Waals surface area contributed by atoms with Gasteiger partial charge in [0, 0.05) is 28.7 Å². The molecule has 2 aromatic rings. The third-order valence-electron chi connectivity index (χ3n) is 2.77. The predicted molar refractivity (Wildman–Crippen MR) is 76.7 cm³/mol. The average molecular weight is 246 g/mol. The third-order valence-corrected chi connectivity index (χ3v) is 3.67. The van der Waals surface area contributed by atoms with Gasteiger partial charge in [-0.1, -0.05) is 6.07 Å². The zero-order chi connectivity index (χ0) is 12.3. The van der Waals surface area contributed by atoms with Crippen molar-refractivity contribution in [1.29, 1.82) is 0 Å². The van der Waals surface area contributed by atoms with E-state index in [2.05, 4.69) is 35.8 Å². The predicted octanol–water partition coefficient (Wildman–Crippen LogP) is 3.68. The van der Waals surface area contributed by atoms with Crippen LogP contribution in [0.3, 0.4) is 0 Å². The Morgan fingerprint density at radius 1 is 1.35 bits per heavy atom. The van der Waals surface area contributed by atoms with Crippen LogP contribution in [0.5, 0.6) is 0 Å². The van der Waals surface area contributed by atoms with Gasteiger partial charge in [0.2, 0.25) is 0 Å². The van der Waals surface area contributed by atoms with E-state index in [1.165, 1.54) is 4.88 Å². The molecule has 0 aliphatic carbocycles. The summed E-state index contributed by atoms with van der Waals surface area (Å²) in [5.74, 6) is 0. The molecule has 2 nitrogen and oxygen atoms in total. The first-order chi connectivity index (χ1) is 8.15. The maximum Gasteiger partial charge on any atom is 0.0346 e. The van der Waals surface area contributed by atoms with Crippen molar-refractivity contribution in [2.75, 3.05) is 11.1 Å². The highest BCUT2D eigenvalue weighted by atomic mass is 32.1. The molecular formula is C14H18N2S. The number of rotatable bonds is 4. The Labute approximate surface area is 106 Å². The van der Waals surface area contributed by atoms with Crippen LogP contribution in [-0.4, -0.2) is 6.04 Å². The molecule has 0 fully saturated rings. The molecule has 90 valence electrons. The zero-order valence-corrected chi connectivity index (χ0v) is 11.1. The minimum atomic E-state index is 0.427. The summed E-state index contributed by atoms with van der Waals surface area (Å²) in [4.78, 5) is 1.41. The largest absolute Gasteiger partial charge is 0.399 e. The number of anilines is 2. The lowest BCUT2D eigenvalue weighted by Crippen LogP contribution is -2.17. The highest BCUT2D eigenvalue weighted by Gasteiger charge is 2.05. The van der Waals surface area contributed by atoms with Crippen molar-refractivity contribution >= 4 is 22.7 Å². The van der Waals surface area contributed by atoms with Crippen molar-refractivity contribution in [3.8, 4) is 0 Å². The van der Waals surface area contributed by atoms with Crippen LogP contribution in [0, 0.1) is 6.92 Å². The van der Waals surface area contributed by atoms with Crippen molar-refractivity contribution in [2.24, 2.45) is 0 Å². The zero-order valence-electron chi connectivity index (χ0n) is 10.2. The van der Waals surface area contributed by atoms with Gasteiger partial charge in [-0.25, -0.2) is 0 Å². The van der Waals surface area contributed by atoms with Crippen LogP contribution in [0.4, 0.5) is 11.4 Å². The number of hydrogen-bond acceptors (Lipinski definition) is 3. The Balaban J connectivity index is 1.98. The third kappa shape index (κ3) is 3.24. The Morgan fingerprint density at radius 2 is 2.18 bits per heavy atom. The number of nitrogen functional groups attached to an aromatic ring is 1. The van der Waals surface area contributed by atoms with Gasteiger partial charge < -0.3 is 11.1 Å². The maximum atomic E-state index is 5.80.